The van der Waals surface area contributed by atoms with Gasteiger partial charge < -0.3 is 24.4 Å². The lowest BCUT2D eigenvalue weighted by Gasteiger charge is -2.34. The molecule has 2 amide bonds. The van der Waals surface area contributed by atoms with Crippen molar-refractivity contribution in [2.75, 3.05) is 38.3 Å². The number of nitrogens with one attached hydrogen (secondary N) is 1. The summed E-state index contributed by atoms with van der Waals surface area (Å²) in [4.78, 5) is 33.9. The molecule has 6 rings (SSSR count). The van der Waals surface area contributed by atoms with Crippen LogP contribution >= 0.6 is 23.2 Å². The first-order valence-electron chi connectivity index (χ1n) is 13.3. The molecule has 2 aliphatic rings. The van der Waals surface area contributed by atoms with Gasteiger partial charge in [-0.15, -0.1) is 0 Å². The van der Waals surface area contributed by atoms with Gasteiger partial charge >= 0.3 is 0 Å². The van der Waals surface area contributed by atoms with Crippen molar-refractivity contribution in [1.82, 2.24) is 14.8 Å². The van der Waals surface area contributed by atoms with Crippen molar-refractivity contribution in [2.24, 2.45) is 0 Å². The van der Waals surface area contributed by atoms with Gasteiger partial charge in [-0.3, -0.25) is 14.5 Å². The van der Waals surface area contributed by atoms with Crippen LogP contribution in [0.3, 0.4) is 0 Å². The first-order chi connectivity index (χ1) is 20.4. The zero-order valence-electron chi connectivity index (χ0n) is 22.4. The van der Waals surface area contributed by atoms with Gasteiger partial charge in [-0.1, -0.05) is 35.3 Å². The van der Waals surface area contributed by atoms with E-state index in [4.69, 9.17) is 37.4 Å². The minimum Gasteiger partial charge on any atom is -0.454 e. The zero-order chi connectivity index (χ0) is 29.1. The standard InChI is InChI=1S/C31H26Cl2N4O5/c32-25-8-3-21(15-26(25)33)30(38)35-23-5-10-29(34-17-23)42-24-6-1-20(2-7-24)18-36-11-13-37(14-12-36)31(39)22-4-9-27-28(16-22)41-19-40-27/h1-10,15-17H,11-14,18-19H2,(H,35,38). The molecular formula is C31H26Cl2N4O5. The third kappa shape index (κ3) is 6.44. The molecule has 3 heterocycles. The number of piperazine rings is 1. The summed E-state index contributed by atoms with van der Waals surface area (Å²) in [7, 11) is 0. The Labute approximate surface area is 252 Å². The number of benzene rings is 3. The Morgan fingerprint density at radius 2 is 1.60 bits per heavy atom. The number of carbonyl (C=O) groups excluding carboxylic acids is 2. The number of rotatable bonds is 7. The average Bonchev–Trinajstić information content (AvgIpc) is 3.49. The monoisotopic (exact) mass is 604 g/mol. The molecule has 9 nitrogen and oxygen atoms in total. The summed E-state index contributed by atoms with van der Waals surface area (Å²) in [6.07, 6.45) is 1.52. The summed E-state index contributed by atoms with van der Waals surface area (Å²) in [5, 5.41) is 3.47. The molecule has 0 saturated carbocycles. The molecule has 0 spiro atoms. The minimum atomic E-state index is -0.322. The van der Waals surface area contributed by atoms with E-state index in [2.05, 4.69) is 15.2 Å². The number of hydrogen-bond acceptors (Lipinski definition) is 7. The number of carbonyl (C=O) groups is 2. The molecule has 1 N–H and O–H groups in total. The number of nitrogens with zero attached hydrogens (tertiary/aromatic N) is 3. The number of ether oxygens (including phenoxy) is 3. The summed E-state index contributed by atoms with van der Waals surface area (Å²) in [6, 6.07) is 21.2. The molecule has 0 atom stereocenters. The molecule has 0 bridgehead atoms. The van der Waals surface area contributed by atoms with E-state index in [1.165, 1.54) is 12.3 Å². The molecule has 0 unspecified atom stereocenters. The van der Waals surface area contributed by atoms with Crippen LogP contribution < -0.4 is 19.5 Å². The molecule has 3 aromatic carbocycles. The second-order valence-corrected chi connectivity index (χ2v) is 10.7. The highest BCUT2D eigenvalue weighted by Crippen LogP contribution is 2.33. The van der Waals surface area contributed by atoms with Gasteiger partial charge in [0.05, 0.1) is 21.9 Å². The second-order valence-electron chi connectivity index (χ2n) is 9.85. The Morgan fingerprint density at radius 3 is 2.33 bits per heavy atom. The van der Waals surface area contributed by atoms with Crippen molar-refractivity contribution in [3.8, 4) is 23.1 Å². The third-order valence-electron chi connectivity index (χ3n) is 7.01. The van der Waals surface area contributed by atoms with Crippen LogP contribution in [0.5, 0.6) is 23.1 Å². The van der Waals surface area contributed by atoms with Gasteiger partial charge in [-0.25, -0.2) is 4.98 Å². The molecule has 1 saturated heterocycles. The van der Waals surface area contributed by atoms with Crippen LogP contribution in [-0.4, -0.2) is 59.6 Å². The van der Waals surface area contributed by atoms with Crippen molar-refractivity contribution in [3.05, 3.63) is 106 Å². The van der Waals surface area contributed by atoms with Gasteiger partial charge in [0.25, 0.3) is 11.8 Å². The highest BCUT2D eigenvalue weighted by Gasteiger charge is 2.24. The number of hydrogen-bond donors (Lipinski definition) is 1. The predicted octanol–water partition coefficient (Wildman–Crippen LogP) is 6.12. The molecule has 4 aromatic rings. The number of amides is 2. The van der Waals surface area contributed by atoms with Gasteiger partial charge in [0.2, 0.25) is 12.7 Å². The van der Waals surface area contributed by atoms with Gasteiger partial charge in [0.15, 0.2) is 11.5 Å². The Hall–Kier alpha value is -4.31. The Bertz CT molecular complexity index is 1610. The van der Waals surface area contributed by atoms with Gasteiger partial charge in [0, 0.05) is 49.9 Å². The first kappa shape index (κ1) is 27.8. The van der Waals surface area contributed by atoms with Crippen LogP contribution in [0, 0.1) is 0 Å². The quantitative estimate of drug-likeness (QED) is 0.271. The van der Waals surface area contributed by atoms with Crippen molar-refractivity contribution >= 4 is 40.7 Å². The molecule has 214 valence electrons. The number of anilines is 1. The van der Waals surface area contributed by atoms with E-state index in [0.717, 1.165) is 25.2 Å². The minimum absolute atomic E-state index is 0.00458. The normalized spacial score (nSPS) is 14.5. The molecule has 2 aliphatic heterocycles. The fourth-order valence-electron chi connectivity index (χ4n) is 4.72. The van der Waals surface area contributed by atoms with Crippen LogP contribution in [0.25, 0.3) is 0 Å². The summed E-state index contributed by atoms with van der Waals surface area (Å²) in [5.41, 5.74) is 2.67. The molecular weight excluding hydrogens is 579 g/mol. The van der Waals surface area contributed by atoms with Crippen molar-refractivity contribution in [3.63, 3.8) is 0 Å². The highest BCUT2D eigenvalue weighted by molar-refractivity contribution is 6.42. The maximum absolute atomic E-state index is 13.0. The van der Waals surface area contributed by atoms with E-state index in [1.54, 1.807) is 42.5 Å². The fraction of sp³-hybridized carbons (Fsp3) is 0.194. The Balaban J connectivity index is 0.972. The van der Waals surface area contributed by atoms with E-state index in [-0.39, 0.29) is 18.6 Å². The van der Waals surface area contributed by atoms with Crippen LogP contribution in [0.2, 0.25) is 10.0 Å². The Kier molecular flexibility index (Phi) is 8.14. The number of fused-ring (bicyclic) bond motifs is 1. The molecule has 11 heteroatoms. The summed E-state index contributed by atoms with van der Waals surface area (Å²) in [5.74, 6) is 2.02. The van der Waals surface area contributed by atoms with Gasteiger partial charge in [-0.05, 0) is 60.2 Å². The van der Waals surface area contributed by atoms with Gasteiger partial charge in [0.1, 0.15) is 5.75 Å². The zero-order valence-corrected chi connectivity index (χ0v) is 23.9. The topological polar surface area (TPSA) is 93.2 Å². The largest absolute Gasteiger partial charge is 0.454 e. The third-order valence-corrected chi connectivity index (χ3v) is 7.75. The van der Waals surface area contributed by atoms with Crippen molar-refractivity contribution in [1.29, 1.82) is 0 Å². The fourth-order valence-corrected chi connectivity index (χ4v) is 5.02. The summed E-state index contributed by atoms with van der Waals surface area (Å²) < 4.78 is 16.6. The average molecular weight is 605 g/mol. The van der Waals surface area contributed by atoms with Gasteiger partial charge in [-0.2, -0.15) is 0 Å². The molecule has 0 aliphatic carbocycles. The lowest BCUT2D eigenvalue weighted by molar-refractivity contribution is 0.0628. The van der Waals surface area contributed by atoms with E-state index < -0.39 is 0 Å². The van der Waals surface area contributed by atoms with Crippen molar-refractivity contribution < 1.29 is 23.8 Å². The van der Waals surface area contributed by atoms with Crippen LogP contribution in [0.15, 0.2) is 79.0 Å². The maximum Gasteiger partial charge on any atom is 0.255 e. The van der Waals surface area contributed by atoms with Crippen LogP contribution in [-0.2, 0) is 6.54 Å². The number of pyridine rings is 1. The van der Waals surface area contributed by atoms with E-state index >= 15 is 0 Å². The molecule has 0 radical (unpaired) electrons. The van der Waals surface area contributed by atoms with Crippen LogP contribution in [0.4, 0.5) is 5.69 Å². The maximum atomic E-state index is 13.0. The van der Waals surface area contributed by atoms with E-state index in [0.29, 0.717) is 63.1 Å². The number of halogens is 2. The molecule has 42 heavy (non-hydrogen) atoms. The smallest absolute Gasteiger partial charge is 0.255 e. The summed E-state index contributed by atoms with van der Waals surface area (Å²) >= 11 is 11.9. The van der Waals surface area contributed by atoms with E-state index in [1.807, 2.05) is 29.2 Å². The second kappa shape index (κ2) is 12.3. The number of aromatic nitrogens is 1. The van der Waals surface area contributed by atoms with E-state index in [9.17, 15) is 9.59 Å². The van der Waals surface area contributed by atoms with Crippen molar-refractivity contribution in [2.45, 2.75) is 6.54 Å². The summed E-state index contributed by atoms with van der Waals surface area (Å²) in [6.45, 7) is 3.84. The Morgan fingerprint density at radius 1 is 0.833 bits per heavy atom. The molecule has 1 fully saturated rings. The van der Waals surface area contributed by atoms with Crippen LogP contribution in [0.1, 0.15) is 26.3 Å². The lowest BCUT2D eigenvalue weighted by Crippen LogP contribution is -2.48. The highest BCUT2D eigenvalue weighted by atomic mass is 35.5. The first-order valence-corrected chi connectivity index (χ1v) is 14.1. The molecule has 1 aromatic heterocycles. The predicted molar refractivity (Wildman–Crippen MR) is 159 cm³/mol. The SMILES string of the molecule is O=C(Nc1ccc(Oc2ccc(CN3CCN(C(=O)c4ccc5c(c4)OCO5)CC3)cc2)nc1)c1ccc(Cl)c(Cl)c1. The lowest BCUT2D eigenvalue weighted by atomic mass is 10.1.